The number of nitrogens with one attached hydrogen (secondary N) is 1. The minimum Gasteiger partial charge on any atom is -0.319 e. The fraction of sp³-hybridized carbons (Fsp3) is 0.118. The highest BCUT2D eigenvalue weighted by molar-refractivity contribution is 7.98. The fourth-order valence-corrected chi connectivity index (χ4v) is 3.80. The van der Waals surface area contributed by atoms with Gasteiger partial charge in [-0.15, -0.1) is 11.8 Å². The third-order valence-electron chi connectivity index (χ3n) is 3.57. The molecule has 0 atom stereocenters. The Morgan fingerprint density at radius 2 is 2.00 bits per heavy atom. The van der Waals surface area contributed by atoms with Gasteiger partial charge in [-0.25, -0.2) is 9.67 Å². The van der Waals surface area contributed by atoms with Crippen molar-refractivity contribution < 1.29 is 4.79 Å². The number of carbonyl (C=O) groups excluding carboxylic acids is 1. The molecule has 0 saturated heterocycles. The maximum absolute atomic E-state index is 12.9. The fourth-order valence-electron chi connectivity index (χ4n) is 2.42. The molecule has 5 nitrogen and oxygen atoms in total. The highest BCUT2D eigenvalue weighted by atomic mass is 35.5. The van der Waals surface area contributed by atoms with E-state index in [9.17, 15) is 4.79 Å². The largest absolute Gasteiger partial charge is 0.319 e. The number of aromatic nitrogens is 3. The van der Waals surface area contributed by atoms with E-state index in [0.29, 0.717) is 21.6 Å². The number of nitrogens with zero attached hydrogens (tertiary/aromatic N) is 3. The molecule has 0 spiro atoms. The number of rotatable bonds is 4. The van der Waals surface area contributed by atoms with Gasteiger partial charge in [-0.2, -0.15) is 5.10 Å². The Morgan fingerprint density at radius 3 is 2.69 bits per heavy atom. The van der Waals surface area contributed by atoms with E-state index in [-0.39, 0.29) is 16.8 Å². The maximum atomic E-state index is 12.9. The zero-order chi connectivity index (χ0) is 18.8. The van der Waals surface area contributed by atoms with E-state index in [1.165, 1.54) is 22.5 Å². The number of pyridine rings is 1. The van der Waals surface area contributed by atoms with E-state index in [1.807, 2.05) is 13.2 Å². The summed E-state index contributed by atoms with van der Waals surface area (Å²) in [4.78, 5) is 17.9. The molecule has 0 bridgehead atoms. The summed E-state index contributed by atoms with van der Waals surface area (Å²) in [5, 5.41) is 8.17. The van der Waals surface area contributed by atoms with Crippen LogP contribution in [0, 0.1) is 6.92 Å². The number of benzene rings is 1. The molecule has 0 aliphatic carbocycles. The Bertz CT molecular complexity index is 990. The third kappa shape index (κ3) is 3.83. The SMILES string of the molecule is CSc1cc(Cl)cc(C)c1NC(=O)c1cc(Cl)nn1-c1ncccc1Cl. The Labute approximate surface area is 169 Å². The summed E-state index contributed by atoms with van der Waals surface area (Å²) in [5.41, 5.74) is 1.75. The summed E-state index contributed by atoms with van der Waals surface area (Å²) >= 11 is 19.8. The van der Waals surface area contributed by atoms with E-state index < -0.39 is 0 Å². The van der Waals surface area contributed by atoms with Crippen molar-refractivity contribution in [3.8, 4) is 5.82 Å². The van der Waals surface area contributed by atoms with Gasteiger partial charge >= 0.3 is 0 Å². The minimum absolute atomic E-state index is 0.162. The van der Waals surface area contributed by atoms with Crippen molar-refractivity contribution in [3.05, 3.63) is 63.0 Å². The van der Waals surface area contributed by atoms with Crippen molar-refractivity contribution in [1.82, 2.24) is 14.8 Å². The van der Waals surface area contributed by atoms with Crippen LogP contribution in [0.15, 0.2) is 41.4 Å². The van der Waals surface area contributed by atoms with E-state index in [2.05, 4.69) is 15.4 Å². The predicted octanol–water partition coefficient (Wildman–Crippen LogP) is 5.51. The number of aryl methyl sites for hydroxylation is 1. The van der Waals surface area contributed by atoms with Gasteiger partial charge in [0.25, 0.3) is 5.91 Å². The molecule has 3 rings (SSSR count). The Morgan fingerprint density at radius 1 is 1.23 bits per heavy atom. The highest BCUT2D eigenvalue weighted by Gasteiger charge is 2.20. The van der Waals surface area contributed by atoms with Crippen LogP contribution in [0.1, 0.15) is 16.1 Å². The molecule has 9 heteroatoms. The molecule has 0 aliphatic heterocycles. The van der Waals surface area contributed by atoms with E-state index >= 15 is 0 Å². The molecule has 0 fully saturated rings. The van der Waals surface area contributed by atoms with Crippen molar-refractivity contribution in [1.29, 1.82) is 0 Å². The maximum Gasteiger partial charge on any atom is 0.274 e. The van der Waals surface area contributed by atoms with E-state index in [0.717, 1.165) is 10.5 Å². The van der Waals surface area contributed by atoms with Crippen LogP contribution in [0.2, 0.25) is 15.2 Å². The number of thioether (sulfide) groups is 1. The molecule has 0 unspecified atom stereocenters. The lowest BCUT2D eigenvalue weighted by molar-refractivity contribution is 0.101. The minimum atomic E-state index is -0.383. The van der Waals surface area contributed by atoms with Crippen LogP contribution in [0.4, 0.5) is 5.69 Å². The lowest BCUT2D eigenvalue weighted by atomic mass is 10.2. The van der Waals surface area contributed by atoms with Crippen LogP contribution in [0.5, 0.6) is 0 Å². The van der Waals surface area contributed by atoms with Crippen LogP contribution >= 0.6 is 46.6 Å². The van der Waals surface area contributed by atoms with Crippen LogP contribution in [0.25, 0.3) is 5.82 Å². The summed E-state index contributed by atoms with van der Waals surface area (Å²) in [7, 11) is 0. The Kier molecular flexibility index (Phi) is 5.77. The number of halogens is 3. The molecule has 134 valence electrons. The van der Waals surface area contributed by atoms with Gasteiger partial charge in [-0.1, -0.05) is 34.8 Å². The highest BCUT2D eigenvalue weighted by Crippen LogP contribution is 2.32. The van der Waals surface area contributed by atoms with Gasteiger partial charge in [0.15, 0.2) is 11.0 Å². The van der Waals surface area contributed by atoms with E-state index in [1.54, 1.807) is 30.5 Å². The van der Waals surface area contributed by atoms with Gasteiger partial charge in [0, 0.05) is 22.2 Å². The summed E-state index contributed by atoms with van der Waals surface area (Å²) in [6.07, 6.45) is 3.48. The third-order valence-corrected chi connectivity index (χ3v) is 5.03. The molecule has 0 radical (unpaired) electrons. The number of amides is 1. The topological polar surface area (TPSA) is 59.8 Å². The zero-order valence-corrected chi connectivity index (χ0v) is 16.8. The number of anilines is 1. The van der Waals surface area contributed by atoms with Gasteiger partial charge < -0.3 is 5.32 Å². The first-order chi connectivity index (χ1) is 12.4. The zero-order valence-electron chi connectivity index (χ0n) is 13.8. The van der Waals surface area contributed by atoms with Gasteiger partial charge in [0.05, 0.1) is 10.7 Å². The van der Waals surface area contributed by atoms with E-state index in [4.69, 9.17) is 34.8 Å². The molecule has 1 N–H and O–H groups in total. The molecule has 3 aromatic rings. The van der Waals surface area contributed by atoms with Crippen LogP contribution < -0.4 is 5.32 Å². The van der Waals surface area contributed by atoms with Crippen LogP contribution in [-0.4, -0.2) is 26.9 Å². The van der Waals surface area contributed by atoms with Crippen molar-refractivity contribution in [2.24, 2.45) is 0 Å². The van der Waals surface area contributed by atoms with Crippen LogP contribution in [0.3, 0.4) is 0 Å². The smallest absolute Gasteiger partial charge is 0.274 e. The second-order valence-electron chi connectivity index (χ2n) is 5.33. The molecule has 2 heterocycles. The first-order valence-electron chi connectivity index (χ1n) is 7.42. The lowest BCUT2D eigenvalue weighted by Crippen LogP contribution is -2.18. The standard InChI is InChI=1S/C17H13Cl3N4OS/c1-9-6-10(18)7-13(26-2)15(9)22-17(25)12-8-14(20)23-24(12)16-11(19)4-3-5-21-16/h3-8H,1-2H3,(H,22,25). The average molecular weight is 428 g/mol. The Hall–Kier alpha value is -1.73. The van der Waals surface area contributed by atoms with Gasteiger partial charge in [0.2, 0.25) is 0 Å². The van der Waals surface area contributed by atoms with Crippen molar-refractivity contribution in [3.63, 3.8) is 0 Å². The monoisotopic (exact) mass is 426 g/mol. The van der Waals surface area contributed by atoms with Crippen molar-refractivity contribution in [2.75, 3.05) is 11.6 Å². The second kappa shape index (κ2) is 7.88. The molecule has 26 heavy (non-hydrogen) atoms. The van der Waals surface area contributed by atoms with Crippen molar-refractivity contribution >= 4 is 58.2 Å². The molecule has 0 aliphatic rings. The molecular weight excluding hydrogens is 415 g/mol. The number of carbonyl (C=O) groups is 1. The number of hydrogen-bond donors (Lipinski definition) is 1. The second-order valence-corrected chi connectivity index (χ2v) is 7.41. The molecule has 1 amide bonds. The Balaban J connectivity index is 2.02. The predicted molar refractivity (Wildman–Crippen MR) is 107 cm³/mol. The molecule has 2 aromatic heterocycles. The average Bonchev–Trinajstić information content (AvgIpc) is 2.99. The van der Waals surface area contributed by atoms with Gasteiger partial charge in [0.1, 0.15) is 5.69 Å². The summed E-state index contributed by atoms with van der Waals surface area (Å²) in [6, 6.07) is 8.41. The first kappa shape index (κ1) is 19.0. The summed E-state index contributed by atoms with van der Waals surface area (Å²) in [5.74, 6) is -0.0593. The lowest BCUT2D eigenvalue weighted by Gasteiger charge is -2.14. The molecule has 0 saturated carbocycles. The normalized spacial score (nSPS) is 10.8. The van der Waals surface area contributed by atoms with Crippen molar-refractivity contribution in [2.45, 2.75) is 11.8 Å². The summed E-state index contributed by atoms with van der Waals surface area (Å²) < 4.78 is 1.32. The first-order valence-corrected chi connectivity index (χ1v) is 9.78. The number of hydrogen-bond acceptors (Lipinski definition) is 4. The molecule has 1 aromatic carbocycles. The van der Waals surface area contributed by atoms with Gasteiger partial charge in [-0.05, 0) is 43.0 Å². The summed E-state index contributed by atoms with van der Waals surface area (Å²) in [6.45, 7) is 1.88. The van der Waals surface area contributed by atoms with Crippen LogP contribution in [-0.2, 0) is 0 Å². The molecular formula is C17H13Cl3N4OS. The van der Waals surface area contributed by atoms with Gasteiger partial charge in [-0.3, -0.25) is 4.79 Å². The quantitative estimate of drug-likeness (QED) is 0.558.